The maximum Gasteiger partial charge on any atom is 0.416 e. The molecule has 0 bridgehead atoms. The van der Waals surface area contributed by atoms with Crippen LogP contribution in [0.3, 0.4) is 0 Å². The molecule has 118 valence electrons. The van der Waals surface area contributed by atoms with Gasteiger partial charge in [-0.3, -0.25) is 0 Å². The maximum atomic E-state index is 13.0. The van der Waals surface area contributed by atoms with Crippen LogP contribution in [0.1, 0.15) is 44.6 Å². The van der Waals surface area contributed by atoms with Gasteiger partial charge < -0.3 is 10.2 Å². The molecule has 0 aliphatic heterocycles. The lowest BCUT2D eigenvalue weighted by atomic mass is 9.94. The lowest BCUT2D eigenvalue weighted by Gasteiger charge is -2.32. The predicted molar refractivity (Wildman–Crippen MR) is 78.7 cm³/mol. The Bertz CT molecular complexity index is 468. The molecule has 1 aromatic heterocycles. The van der Waals surface area contributed by atoms with Crippen LogP contribution in [0.2, 0.25) is 0 Å². The molecule has 1 N–H and O–H groups in total. The van der Waals surface area contributed by atoms with Crippen LogP contribution in [0, 0.1) is 0 Å². The number of anilines is 2. The summed E-state index contributed by atoms with van der Waals surface area (Å²) in [6.07, 6.45) is 1.16. The third-order valence-electron chi connectivity index (χ3n) is 3.98. The second-order valence-electron chi connectivity index (χ2n) is 5.53. The van der Waals surface area contributed by atoms with E-state index in [1.165, 1.54) is 6.42 Å². The third-order valence-corrected chi connectivity index (χ3v) is 3.98. The summed E-state index contributed by atoms with van der Waals surface area (Å²) in [7, 11) is 1.84. The second kappa shape index (κ2) is 6.54. The van der Waals surface area contributed by atoms with Crippen molar-refractivity contribution < 1.29 is 13.2 Å². The molecule has 1 aliphatic rings. The minimum atomic E-state index is -4.35. The normalized spacial score (nSPS) is 16.8. The summed E-state index contributed by atoms with van der Waals surface area (Å²) in [5.74, 6) is 0.678. The molecule has 0 aromatic carbocycles. The summed E-state index contributed by atoms with van der Waals surface area (Å²) in [5, 5.41) is 2.88. The number of hydrogen-bond acceptors (Lipinski definition) is 3. The number of aromatic nitrogens is 1. The van der Waals surface area contributed by atoms with Crippen molar-refractivity contribution in [2.75, 3.05) is 23.8 Å². The van der Waals surface area contributed by atoms with E-state index in [0.717, 1.165) is 37.8 Å². The SMILES string of the molecule is CCNc1cc(C(F)(F)F)cc(N(C)C2CCCCC2)n1. The molecule has 0 saturated heterocycles. The van der Waals surface area contributed by atoms with Gasteiger partial charge in [0.2, 0.25) is 0 Å². The fourth-order valence-corrected chi connectivity index (χ4v) is 2.79. The molecule has 1 aliphatic carbocycles. The zero-order valence-electron chi connectivity index (χ0n) is 12.5. The number of alkyl halides is 3. The Balaban J connectivity index is 2.30. The molecular weight excluding hydrogens is 279 g/mol. The summed E-state index contributed by atoms with van der Waals surface area (Å²) in [6.45, 7) is 2.38. The van der Waals surface area contributed by atoms with Gasteiger partial charge in [-0.2, -0.15) is 13.2 Å². The first kappa shape index (κ1) is 15.9. The van der Waals surface area contributed by atoms with Gasteiger partial charge in [-0.15, -0.1) is 0 Å². The van der Waals surface area contributed by atoms with Crippen LogP contribution in [0.5, 0.6) is 0 Å². The Kier molecular flexibility index (Phi) is 4.96. The summed E-state index contributed by atoms with van der Waals surface area (Å²) in [5.41, 5.74) is -0.647. The van der Waals surface area contributed by atoms with Gasteiger partial charge in [-0.25, -0.2) is 4.98 Å². The predicted octanol–water partition coefficient (Wildman–Crippen LogP) is 4.30. The van der Waals surface area contributed by atoms with Gasteiger partial charge in [0, 0.05) is 19.6 Å². The standard InChI is InChI=1S/C15H22F3N3/c1-3-19-13-9-11(15(16,17)18)10-14(20-13)21(2)12-7-5-4-6-8-12/h9-10,12H,3-8H2,1-2H3,(H,19,20). The van der Waals surface area contributed by atoms with Crippen LogP contribution in [0.15, 0.2) is 12.1 Å². The Hall–Kier alpha value is -1.46. The number of halogens is 3. The van der Waals surface area contributed by atoms with Crippen molar-refractivity contribution in [1.29, 1.82) is 0 Å². The summed E-state index contributed by atoms with van der Waals surface area (Å²) >= 11 is 0. The van der Waals surface area contributed by atoms with Crippen molar-refractivity contribution in [3.8, 4) is 0 Å². The lowest BCUT2D eigenvalue weighted by Crippen LogP contribution is -2.34. The summed E-state index contributed by atoms with van der Waals surface area (Å²) in [6, 6.07) is 2.50. The van der Waals surface area contributed by atoms with Gasteiger partial charge in [0.05, 0.1) is 5.56 Å². The minimum Gasteiger partial charge on any atom is -0.370 e. The third kappa shape index (κ3) is 4.02. The van der Waals surface area contributed by atoms with E-state index in [4.69, 9.17) is 0 Å². The number of hydrogen-bond donors (Lipinski definition) is 1. The van der Waals surface area contributed by atoms with Crippen molar-refractivity contribution in [3.05, 3.63) is 17.7 Å². The van der Waals surface area contributed by atoms with E-state index in [1.54, 1.807) is 0 Å². The van der Waals surface area contributed by atoms with Crippen molar-refractivity contribution in [1.82, 2.24) is 4.98 Å². The van der Waals surface area contributed by atoms with Gasteiger partial charge in [0.1, 0.15) is 11.6 Å². The number of nitrogens with one attached hydrogen (secondary N) is 1. The molecular formula is C15H22F3N3. The lowest BCUT2D eigenvalue weighted by molar-refractivity contribution is -0.137. The molecule has 6 heteroatoms. The monoisotopic (exact) mass is 301 g/mol. The molecule has 0 atom stereocenters. The fourth-order valence-electron chi connectivity index (χ4n) is 2.79. The highest BCUT2D eigenvalue weighted by molar-refractivity contribution is 5.51. The summed E-state index contributed by atoms with van der Waals surface area (Å²) in [4.78, 5) is 6.22. The number of rotatable bonds is 4. The Morgan fingerprint density at radius 3 is 2.48 bits per heavy atom. The largest absolute Gasteiger partial charge is 0.416 e. The smallest absolute Gasteiger partial charge is 0.370 e. The maximum absolute atomic E-state index is 13.0. The Labute approximate surface area is 123 Å². The zero-order chi connectivity index (χ0) is 15.5. The van der Waals surface area contributed by atoms with E-state index in [1.807, 2.05) is 18.9 Å². The second-order valence-corrected chi connectivity index (χ2v) is 5.53. The van der Waals surface area contributed by atoms with E-state index in [2.05, 4.69) is 10.3 Å². The van der Waals surface area contributed by atoms with Gasteiger partial charge in [-0.1, -0.05) is 19.3 Å². The first-order valence-corrected chi connectivity index (χ1v) is 7.48. The highest BCUT2D eigenvalue weighted by atomic mass is 19.4. The van der Waals surface area contributed by atoms with Gasteiger partial charge in [0.15, 0.2) is 0 Å². The molecule has 0 amide bonds. The Morgan fingerprint density at radius 1 is 1.24 bits per heavy atom. The average Bonchev–Trinajstić information content (AvgIpc) is 2.46. The van der Waals surface area contributed by atoms with Crippen LogP contribution >= 0.6 is 0 Å². The van der Waals surface area contributed by atoms with Gasteiger partial charge in [-0.05, 0) is 31.9 Å². The molecule has 1 saturated carbocycles. The molecule has 0 radical (unpaired) electrons. The van der Waals surface area contributed by atoms with Gasteiger partial charge >= 0.3 is 6.18 Å². The van der Waals surface area contributed by atoms with Crippen LogP contribution in [0.4, 0.5) is 24.8 Å². The van der Waals surface area contributed by atoms with Crippen molar-refractivity contribution in [2.45, 2.75) is 51.2 Å². The molecule has 3 nitrogen and oxygen atoms in total. The highest BCUT2D eigenvalue weighted by Crippen LogP contribution is 2.34. The molecule has 0 spiro atoms. The zero-order valence-corrected chi connectivity index (χ0v) is 12.5. The van der Waals surface area contributed by atoms with E-state index >= 15 is 0 Å². The van der Waals surface area contributed by atoms with Crippen LogP contribution in [-0.2, 0) is 6.18 Å². The van der Waals surface area contributed by atoms with E-state index < -0.39 is 11.7 Å². The first-order valence-electron chi connectivity index (χ1n) is 7.48. The highest BCUT2D eigenvalue weighted by Gasteiger charge is 2.32. The quantitative estimate of drug-likeness (QED) is 0.898. The molecule has 2 rings (SSSR count). The van der Waals surface area contributed by atoms with Crippen molar-refractivity contribution >= 4 is 11.6 Å². The molecule has 1 aromatic rings. The van der Waals surface area contributed by atoms with Crippen molar-refractivity contribution in [3.63, 3.8) is 0 Å². The minimum absolute atomic E-state index is 0.282. The van der Waals surface area contributed by atoms with Crippen LogP contribution < -0.4 is 10.2 Å². The molecule has 1 fully saturated rings. The number of pyridine rings is 1. The van der Waals surface area contributed by atoms with Crippen molar-refractivity contribution in [2.24, 2.45) is 0 Å². The topological polar surface area (TPSA) is 28.2 Å². The van der Waals surface area contributed by atoms with E-state index in [9.17, 15) is 13.2 Å². The van der Waals surface area contributed by atoms with Crippen LogP contribution in [0.25, 0.3) is 0 Å². The van der Waals surface area contributed by atoms with Gasteiger partial charge in [0.25, 0.3) is 0 Å². The molecule has 21 heavy (non-hydrogen) atoms. The molecule has 0 unspecified atom stereocenters. The van der Waals surface area contributed by atoms with E-state index in [0.29, 0.717) is 12.4 Å². The Morgan fingerprint density at radius 2 is 1.90 bits per heavy atom. The average molecular weight is 301 g/mol. The fraction of sp³-hybridized carbons (Fsp3) is 0.667. The molecule has 1 heterocycles. The number of nitrogens with zero attached hydrogens (tertiary/aromatic N) is 2. The van der Waals surface area contributed by atoms with E-state index in [-0.39, 0.29) is 11.9 Å². The van der Waals surface area contributed by atoms with Crippen LogP contribution in [-0.4, -0.2) is 24.6 Å². The summed E-state index contributed by atoms with van der Waals surface area (Å²) < 4.78 is 39.1. The first-order chi connectivity index (χ1) is 9.91.